The summed E-state index contributed by atoms with van der Waals surface area (Å²) in [6.45, 7) is 0. The Hall–Kier alpha value is -2.58. The second-order valence-electron chi connectivity index (χ2n) is 4.80. The fourth-order valence-electron chi connectivity index (χ4n) is 2.17. The Morgan fingerprint density at radius 1 is 0.583 bits per heavy atom. The molecule has 2 aromatic carbocycles. The Morgan fingerprint density at radius 2 is 1.00 bits per heavy atom. The number of rotatable bonds is 5. The highest BCUT2D eigenvalue weighted by Crippen LogP contribution is 2.36. The molecular formula is C16H12N6S2. The predicted molar refractivity (Wildman–Crippen MR) is 94.4 cm³/mol. The molecule has 0 saturated heterocycles. The standard InChI is InChI=1S/C16H12N6S2/c1-3-7-13(8-4-1)21-11-17-19-15(21)23-24-16-20-18-12-22(16)14-9-5-2-6-10-14/h1-12H. The summed E-state index contributed by atoms with van der Waals surface area (Å²) in [5.41, 5.74) is 2.05. The summed E-state index contributed by atoms with van der Waals surface area (Å²) in [6.07, 6.45) is 3.42. The van der Waals surface area contributed by atoms with Crippen molar-refractivity contribution in [2.75, 3.05) is 0 Å². The van der Waals surface area contributed by atoms with Gasteiger partial charge in [0, 0.05) is 11.4 Å². The quantitative estimate of drug-likeness (QED) is 0.511. The Balaban J connectivity index is 1.56. The molecule has 2 aromatic heterocycles. The molecule has 0 radical (unpaired) electrons. The van der Waals surface area contributed by atoms with Crippen LogP contribution in [0.2, 0.25) is 0 Å². The second kappa shape index (κ2) is 6.90. The van der Waals surface area contributed by atoms with E-state index in [0.717, 1.165) is 21.7 Å². The lowest BCUT2D eigenvalue weighted by atomic mass is 10.3. The highest BCUT2D eigenvalue weighted by atomic mass is 33.1. The SMILES string of the molecule is c1ccc(-n2cnnc2SSc2nncn2-c2ccccc2)cc1. The van der Waals surface area contributed by atoms with Crippen molar-refractivity contribution in [3.8, 4) is 11.4 Å². The van der Waals surface area contributed by atoms with E-state index in [1.54, 1.807) is 12.7 Å². The molecule has 0 unspecified atom stereocenters. The largest absolute Gasteiger partial charge is 0.276 e. The molecule has 0 spiro atoms. The van der Waals surface area contributed by atoms with Gasteiger partial charge in [-0.3, -0.25) is 9.13 Å². The van der Waals surface area contributed by atoms with Gasteiger partial charge in [-0.05, 0) is 45.9 Å². The molecule has 0 bridgehead atoms. The van der Waals surface area contributed by atoms with E-state index in [-0.39, 0.29) is 0 Å². The molecule has 0 aliphatic rings. The third-order valence-corrected chi connectivity index (χ3v) is 5.38. The summed E-state index contributed by atoms with van der Waals surface area (Å²) >= 11 is 0. The van der Waals surface area contributed by atoms with Crippen LogP contribution in [0.25, 0.3) is 11.4 Å². The summed E-state index contributed by atoms with van der Waals surface area (Å²) in [5.74, 6) is 0. The number of hydrogen-bond acceptors (Lipinski definition) is 6. The minimum absolute atomic E-state index is 0.786. The van der Waals surface area contributed by atoms with Crippen molar-refractivity contribution in [1.29, 1.82) is 0 Å². The zero-order valence-electron chi connectivity index (χ0n) is 12.4. The van der Waals surface area contributed by atoms with Gasteiger partial charge in [0.15, 0.2) is 0 Å². The van der Waals surface area contributed by atoms with Crippen molar-refractivity contribution in [3.05, 3.63) is 73.3 Å². The van der Waals surface area contributed by atoms with Crippen LogP contribution < -0.4 is 0 Å². The zero-order chi connectivity index (χ0) is 16.2. The summed E-state index contributed by atoms with van der Waals surface area (Å²) in [7, 11) is 3.00. The van der Waals surface area contributed by atoms with E-state index in [1.165, 1.54) is 21.6 Å². The molecule has 6 nitrogen and oxygen atoms in total. The summed E-state index contributed by atoms with van der Waals surface area (Å²) in [4.78, 5) is 0. The highest BCUT2D eigenvalue weighted by molar-refractivity contribution is 8.76. The number of aromatic nitrogens is 6. The van der Waals surface area contributed by atoms with Crippen LogP contribution in [0.15, 0.2) is 83.6 Å². The molecule has 0 aliphatic carbocycles. The molecular weight excluding hydrogens is 340 g/mol. The van der Waals surface area contributed by atoms with Gasteiger partial charge in [0.25, 0.3) is 0 Å². The van der Waals surface area contributed by atoms with Crippen LogP contribution in [0.3, 0.4) is 0 Å². The van der Waals surface area contributed by atoms with Crippen molar-refractivity contribution in [1.82, 2.24) is 29.5 Å². The Labute approximate surface area is 146 Å². The van der Waals surface area contributed by atoms with Crippen LogP contribution in [-0.4, -0.2) is 29.5 Å². The van der Waals surface area contributed by atoms with Crippen LogP contribution in [-0.2, 0) is 0 Å². The Kier molecular flexibility index (Phi) is 4.30. The van der Waals surface area contributed by atoms with E-state index in [2.05, 4.69) is 20.4 Å². The third kappa shape index (κ3) is 3.06. The van der Waals surface area contributed by atoms with E-state index in [0.29, 0.717) is 0 Å². The highest BCUT2D eigenvalue weighted by Gasteiger charge is 2.12. The lowest BCUT2D eigenvalue weighted by Gasteiger charge is -2.06. The number of hydrogen-bond donors (Lipinski definition) is 0. The summed E-state index contributed by atoms with van der Waals surface area (Å²) < 4.78 is 3.89. The molecule has 2 heterocycles. The molecule has 0 amide bonds. The van der Waals surface area contributed by atoms with Crippen LogP contribution in [0, 0.1) is 0 Å². The predicted octanol–water partition coefficient (Wildman–Crippen LogP) is 3.65. The first-order chi connectivity index (χ1) is 11.9. The van der Waals surface area contributed by atoms with Crippen molar-refractivity contribution < 1.29 is 0 Å². The van der Waals surface area contributed by atoms with Crippen LogP contribution in [0.1, 0.15) is 0 Å². The molecule has 4 aromatic rings. The Bertz CT molecular complexity index is 842. The first-order valence-electron chi connectivity index (χ1n) is 7.17. The molecule has 0 aliphatic heterocycles. The molecule has 24 heavy (non-hydrogen) atoms. The average molecular weight is 352 g/mol. The van der Waals surface area contributed by atoms with E-state index in [4.69, 9.17) is 0 Å². The van der Waals surface area contributed by atoms with E-state index < -0.39 is 0 Å². The van der Waals surface area contributed by atoms with Crippen molar-refractivity contribution >= 4 is 21.6 Å². The van der Waals surface area contributed by atoms with Crippen molar-refractivity contribution in [2.24, 2.45) is 0 Å². The van der Waals surface area contributed by atoms with Gasteiger partial charge in [0.2, 0.25) is 10.3 Å². The van der Waals surface area contributed by atoms with Crippen LogP contribution in [0.4, 0.5) is 0 Å². The molecule has 0 saturated carbocycles. The maximum Gasteiger partial charge on any atom is 0.206 e. The van der Waals surface area contributed by atoms with Gasteiger partial charge >= 0.3 is 0 Å². The molecule has 0 atom stereocenters. The minimum atomic E-state index is 0.786. The minimum Gasteiger partial charge on any atom is -0.276 e. The molecule has 8 heteroatoms. The average Bonchev–Trinajstić information content (AvgIpc) is 3.30. The Morgan fingerprint density at radius 3 is 1.42 bits per heavy atom. The monoisotopic (exact) mass is 352 g/mol. The van der Waals surface area contributed by atoms with Crippen LogP contribution in [0.5, 0.6) is 0 Å². The van der Waals surface area contributed by atoms with Gasteiger partial charge in [-0.15, -0.1) is 20.4 Å². The molecule has 0 N–H and O–H groups in total. The molecule has 0 fully saturated rings. The molecule has 118 valence electrons. The van der Waals surface area contributed by atoms with Gasteiger partial charge in [-0.1, -0.05) is 36.4 Å². The zero-order valence-corrected chi connectivity index (χ0v) is 14.1. The van der Waals surface area contributed by atoms with Crippen molar-refractivity contribution in [2.45, 2.75) is 10.3 Å². The smallest absolute Gasteiger partial charge is 0.206 e. The maximum absolute atomic E-state index is 4.19. The van der Waals surface area contributed by atoms with E-state index in [1.807, 2.05) is 69.8 Å². The molecule has 4 rings (SSSR count). The van der Waals surface area contributed by atoms with Crippen molar-refractivity contribution in [3.63, 3.8) is 0 Å². The summed E-state index contributed by atoms with van der Waals surface area (Å²) in [5, 5.41) is 18.0. The lowest BCUT2D eigenvalue weighted by molar-refractivity contribution is 0.883. The maximum atomic E-state index is 4.19. The fraction of sp³-hybridized carbons (Fsp3) is 0. The van der Waals surface area contributed by atoms with E-state index in [9.17, 15) is 0 Å². The number of para-hydroxylation sites is 2. The number of benzene rings is 2. The summed E-state index contributed by atoms with van der Waals surface area (Å²) in [6, 6.07) is 20.0. The lowest BCUT2D eigenvalue weighted by Crippen LogP contribution is -1.95. The topological polar surface area (TPSA) is 61.4 Å². The first-order valence-corrected chi connectivity index (χ1v) is 9.32. The van der Waals surface area contributed by atoms with Gasteiger partial charge in [-0.25, -0.2) is 0 Å². The van der Waals surface area contributed by atoms with Gasteiger partial charge in [0.05, 0.1) is 0 Å². The van der Waals surface area contributed by atoms with Gasteiger partial charge in [0.1, 0.15) is 12.7 Å². The number of nitrogens with zero attached hydrogens (tertiary/aromatic N) is 6. The van der Waals surface area contributed by atoms with E-state index >= 15 is 0 Å². The second-order valence-corrected chi connectivity index (χ2v) is 6.87. The van der Waals surface area contributed by atoms with Gasteiger partial charge in [-0.2, -0.15) is 0 Å². The first kappa shape index (κ1) is 15.0. The normalized spacial score (nSPS) is 10.8. The van der Waals surface area contributed by atoms with Crippen LogP contribution >= 0.6 is 21.6 Å². The third-order valence-electron chi connectivity index (χ3n) is 3.29. The fourth-order valence-corrected chi connectivity index (χ4v) is 4.07. The van der Waals surface area contributed by atoms with Gasteiger partial charge < -0.3 is 0 Å².